The molecule has 8 nitrogen and oxygen atoms in total. The smallest absolute Gasteiger partial charge is 0.278 e. The van der Waals surface area contributed by atoms with Crippen LogP contribution in [0, 0.1) is 0 Å². The number of nitrogens with zero attached hydrogens (tertiary/aromatic N) is 2. The predicted octanol–water partition coefficient (Wildman–Crippen LogP) is 1.90. The highest BCUT2D eigenvalue weighted by Crippen LogP contribution is 2.30. The van der Waals surface area contributed by atoms with Crippen LogP contribution < -0.4 is 15.1 Å². The van der Waals surface area contributed by atoms with Crippen molar-refractivity contribution in [3.05, 3.63) is 48.3 Å². The summed E-state index contributed by atoms with van der Waals surface area (Å²) < 4.78 is 24.8. The average molecular weight is 364 g/mol. The Labute approximate surface area is 146 Å². The Morgan fingerprint density at radius 3 is 2.64 bits per heavy atom. The van der Waals surface area contributed by atoms with E-state index in [4.69, 9.17) is 4.84 Å². The van der Waals surface area contributed by atoms with Gasteiger partial charge in [0.15, 0.2) is 0 Å². The van der Waals surface area contributed by atoms with Gasteiger partial charge in [0, 0.05) is 19.4 Å². The number of anilines is 3. The van der Waals surface area contributed by atoms with Crippen molar-refractivity contribution in [2.45, 2.75) is 6.92 Å². The van der Waals surface area contributed by atoms with Gasteiger partial charge in [-0.2, -0.15) is 0 Å². The minimum Gasteiger partial charge on any atom is -0.353 e. The lowest BCUT2D eigenvalue weighted by Crippen LogP contribution is -2.26. The van der Waals surface area contributed by atoms with Crippen LogP contribution in [-0.4, -0.2) is 39.2 Å². The first kappa shape index (κ1) is 18.7. The van der Waals surface area contributed by atoms with Gasteiger partial charge in [0.2, 0.25) is 10.0 Å². The number of benzene rings is 1. The van der Waals surface area contributed by atoms with Gasteiger partial charge in [-0.1, -0.05) is 12.1 Å². The number of hydroxylamine groups is 1. The van der Waals surface area contributed by atoms with Gasteiger partial charge in [0.25, 0.3) is 5.91 Å². The number of hydrogen-bond donors (Lipinski definition) is 2. The number of pyridine rings is 1. The first-order valence-electron chi connectivity index (χ1n) is 7.50. The first-order chi connectivity index (χ1) is 11.8. The number of amides is 1. The number of hydrogen-bond acceptors (Lipinski definition) is 6. The average Bonchev–Trinajstić information content (AvgIpc) is 2.59. The summed E-state index contributed by atoms with van der Waals surface area (Å²) in [7, 11) is -1.96. The second-order valence-electron chi connectivity index (χ2n) is 5.16. The molecule has 1 aromatic carbocycles. The number of para-hydroxylation sites is 2. The van der Waals surface area contributed by atoms with Crippen molar-refractivity contribution in [3.8, 4) is 0 Å². The van der Waals surface area contributed by atoms with Gasteiger partial charge in [0.1, 0.15) is 0 Å². The van der Waals surface area contributed by atoms with Gasteiger partial charge in [0.05, 0.1) is 35.5 Å². The van der Waals surface area contributed by atoms with Gasteiger partial charge in [-0.05, 0) is 25.1 Å². The summed E-state index contributed by atoms with van der Waals surface area (Å²) in [5.41, 5.74) is 4.05. The minimum absolute atomic E-state index is 0.271. The summed E-state index contributed by atoms with van der Waals surface area (Å²) in [5.74, 6) is -0.452. The molecule has 2 aromatic rings. The molecule has 0 saturated carbocycles. The van der Waals surface area contributed by atoms with Crippen molar-refractivity contribution in [1.29, 1.82) is 0 Å². The fraction of sp³-hybridized carbons (Fsp3) is 0.250. The van der Waals surface area contributed by atoms with Crippen molar-refractivity contribution < 1.29 is 18.0 Å². The molecule has 1 heterocycles. The molecule has 0 atom stereocenters. The largest absolute Gasteiger partial charge is 0.353 e. The van der Waals surface area contributed by atoms with Crippen LogP contribution in [0.4, 0.5) is 17.1 Å². The summed E-state index contributed by atoms with van der Waals surface area (Å²) in [6.45, 7) is 2.08. The minimum atomic E-state index is -3.43. The van der Waals surface area contributed by atoms with Crippen LogP contribution in [0.25, 0.3) is 0 Å². The van der Waals surface area contributed by atoms with E-state index in [9.17, 15) is 13.2 Å². The fourth-order valence-corrected chi connectivity index (χ4v) is 2.57. The molecule has 2 rings (SSSR count). The Hall–Kier alpha value is -2.65. The molecule has 0 aliphatic carbocycles. The standard InChI is InChI=1S/C16H20N4O4S/c1-4-24-19-16(21)12-11-17-10-9-13(12)18-14-7-5-6-8-15(14)20(2)25(3,22)23/h5-11H,4H2,1-3H3,(H,17,18)(H,19,21). The van der Waals surface area contributed by atoms with Crippen molar-refractivity contribution in [3.63, 3.8) is 0 Å². The lowest BCUT2D eigenvalue weighted by atomic mass is 10.2. The van der Waals surface area contributed by atoms with Gasteiger partial charge in [-0.25, -0.2) is 13.9 Å². The molecule has 25 heavy (non-hydrogen) atoms. The summed E-state index contributed by atoms with van der Waals surface area (Å²) in [4.78, 5) is 21.0. The zero-order valence-electron chi connectivity index (χ0n) is 14.2. The van der Waals surface area contributed by atoms with E-state index in [2.05, 4.69) is 15.8 Å². The van der Waals surface area contributed by atoms with Gasteiger partial charge in [-0.15, -0.1) is 0 Å². The van der Waals surface area contributed by atoms with E-state index in [-0.39, 0.29) is 5.56 Å². The molecule has 0 bridgehead atoms. The lowest BCUT2D eigenvalue weighted by Gasteiger charge is -2.21. The maximum atomic E-state index is 12.2. The topological polar surface area (TPSA) is 101 Å². The van der Waals surface area contributed by atoms with Crippen molar-refractivity contribution in [1.82, 2.24) is 10.5 Å². The summed E-state index contributed by atoms with van der Waals surface area (Å²) in [6.07, 6.45) is 4.06. The Bertz CT molecular complexity index is 855. The van der Waals surface area contributed by atoms with Gasteiger partial charge < -0.3 is 5.32 Å². The summed E-state index contributed by atoms with van der Waals surface area (Å²) in [6, 6.07) is 8.52. The van der Waals surface area contributed by atoms with Crippen LogP contribution >= 0.6 is 0 Å². The van der Waals surface area contributed by atoms with Gasteiger partial charge in [-0.3, -0.25) is 18.9 Å². The molecule has 134 valence electrons. The molecule has 0 spiro atoms. The maximum absolute atomic E-state index is 12.2. The normalized spacial score (nSPS) is 11.0. The van der Waals surface area contributed by atoms with E-state index in [0.717, 1.165) is 10.6 Å². The molecular weight excluding hydrogens is 344 g/mol. The van der Waals surface area contributed by atoms with Crippen LogP contribution in [0.3, 0.4) is 0 Å². The van der Waals surface area contributed by atoms with Crippen LogP contribution in [-0.2, 0) is 14.9 Å². The highest BCUT2D eigenvalue weighted by atomic mass is 32.2. The third-order valence-electron chi connectivity index (χ3n) is 3.39. The van der Waals surface area contributed by atoms with Crippen LogP contribution in [0.5, 0.6) is 0 Å². The third kappa shape index (κ3) is 4.68. The number of carbonyl (C=O) groups is 1. The Kier molecular flexibility index (Phi) is 5.94. The molecule has 1 aromatic heterocycles. The number of rotatable bonds is 7. The molecule has 0 unspecified atom stereocenters. The fourth-order valence-electron chi connectivity index (χ4n) is 2.05. The van der Waals surface area contributed by atoms with Gasteiger partial charge >= 0.3 is 0 Å². The van der Waals surface area contributed by atoms with E-state index >= 15 is 0 Å². The molecular formula is C16H20N4O4S. The zero-order chi connectivity index (χ0) is 18.4. The highest BCUT2D eigenvalue weighted by molar-refractivity contribution is 7.92. The second kappa shape index (κ2) is 7.95. The van der Waals surface area contributed by atoms with E-state index < -0.39 is 15.9 Å². The van der Waals surface area contributed by atoms with E-state index in [0.29, 0.717) is 23.7 Å². The molecule has 0 aliphatic heterocycles. The van der Waals surface area contributed by atoms with Crippen molar-refractivity contribution in [2.24, 2.45) is 0 Å². The van der Waals surface area contributed by atoms with Crippen LogP contribution in [0.1, 0.15) is 17.3 Å². The number of carbonyl (C=O) groups excluding carboxylic acids is 1. The lowest BCUT2D eigenvalue weighted by molar-refractivity contribution is 0.0365. The number of sulfonamides is 1. The molecule has 2 N–H and O–H groups in total. The Morgan fingerprint density at radius 1 is 1.24 bits per heavy atom. The number of aromatic nitrogens is 1. The molecule has 0 radical (unpaired) electrons. The molecule has 1 amide bonds. The maximum Gasteiger partial charge on any atom is 0.278 e. The van der Waals surface area contributed by atoms with E-state index in [1.807, 2.05) is 0 Å². The van der Waals surface area contributed by atoms with Crippen molar-refractivity contribution >= 4 is 33.0 Å². The van der Waals surface area contributed by atoms with E-state index in [1.165, 1.54) is 19.4 Å². The summed E-state index contributed by atoms with van der Waals surface area (Å²) in [5, 5.41) is 3.09. The van der Waals surface area contributed by atoms with Crippen LogP contribution in [0.2, 0.25) is 0 Å². The predicted molar refractivity (Wildman–Crippen MR) is 96.3 cm³/mol. The summed E-state index contributed by atoms with van der Waals surface area (Å²) >= 11 is 0. The second-order valence-corrected chi connectivity index (χ2v) is 7.17. The quantitative estimate of drug-likeness (QED) is 0.728. The highest BCUT2D eigenvalue weighted by Gasteiger charge is 2.17. The van der Waals surface area contributed by atoms with E-state index in [1.54, 1.807) is 37.3 Å². The Balaban J connectivity index is 2.37. The SMILES string of the molecule is CCONC(=O)c1cnccc1Nc1ccccc1N(C)S(C)(=O)=O. The monoisotopic (exact) mass is 364 g/mol. The molecule has 9 heteroatoms. The molecule has 0 saturated heterocycles. The van der Waals surface area contributed by atoms with Crippen molar-refractivity contribution in [2.75, 3.05) is 29.5 Å². The number of nitrogens with one attached hydrogen (secondary N) is 2. The zero-order valence-corrected chi connectivity index (χ0v) is 15.0. The molecule has 0 fully saturated rings. The first-order valence-corrected chi connectivity index (χ1v) is 9.35. The molecule has 0 aliphatic rings. The Morgan fingerprint density at radius 2 is 1.96 bits per heavy atom. The van der Waals surface area contributed by atoms with Crippen LogP contribution in [0.15, 0.2) is 42.7 Å². The third-order valence-corrected chi connectivity index (χ3v) is 4.58.